The highest BCUT2D eigenvalue weighted by molar-refractivity contribution is 5.94. The molecular formula is C57H48N2. The molecule has 2 nitrogen and oxygen atoms in total. The summed E-state index contributed by atoms with van der Waals surface area (Å²) in [5, 5.41) is 0. The largest absolute Gasteiger partial charge is 0.310 e. The molecule has 0 bridgehead atoms. The molecule has 8 aromatic carbocycles. The molecule has 0 fully saturated rings. The fraction of sp³-hybridized carbons (Fsp3) is 0.158. The highest BCUT2D eigenvalue weighted by atomic mass is 15.2. The molecule has 0 radical (unpaired) electrons. The zero-order valence-electron chi connectivity index (χ0n) is 34.7. The SMILES string of the molecule is CC1(C)c2ccccc2-c2ccc(N(c3ccc(-c4ccccc4)cc3)c3ccc(-c4ccc5c(c4)C(C)(C)c4cccc6c4N5c4ccccc4C6(C)C)cc3)cc21. The van der Waals surface area contributed by atoms with E-state index < -0.39 is 0 Å². The summed E-state index contributed by atoms with van der Waals surface area (Å²) in [6.07, 6.45) is 0. The molecule has 8 aromatic rings. The maximum Gasteiger partial charge on any atom is 0.0543 e. The molecule has 2 heterocycles. The maximum absolute atomic E-state index is 2.54. The first-order chi connectivity index (χ1) is 28.5. The fourth-order valence-electron chi connectivity index (χ4n) is 10.6. The Morgan fingerprint density at radius 2 is 0.797 bits per heavy atom. The van der Waals surface area contributed by atoms with Crippen molar-refractivity contribution in [3.63, 3.8) is 0 Å². The normalized spacial score (nSPS) is 15.7. The van der Waals surface area contributed by atoms with Crippen LogP contribution in [0.2, 0.25) is 0 Å². The second kappa shape index (κ2) is 12.7. The van der Waals surface area contributed by atoms with Crippen LogP contribution in [0, 0.1) is 0 Å². The highest BCUT2D eigenvalue weighted by Gasteiger charge is 2.45. The van der Waals surface area contributed by atoms with Crippen LogP contribution < -0.4 is 9.80 Å². The van der Waals surface area contributed by atoms with Crippen molar-refractivity contribution in [1.29, 1.82) is 0 Å². The number of para-hydroxylation sites is 2. The van der Waals surface area contributed by atoms with Gasteiger partial charge < -0.3 is 9.80 Å². The van der Waals surface area contributed by atoms with Crippen molar-refractivity contribution in [2.24, 2.45) is 0 Å². The van der Waals surface area contributed by atoms with E-state index in [0.29, 0.717) is 0 Å². The van der Waals surface area contributed by atoms with Gasteiger partial charge in [0.1, 0.15) is 0 Å². The van der Waals surface area contributed by atoms with Crippen LogP contribution in [0.4, 0.5) is 34.1 Å². The smallest absolute Gasteiger partial charge is 0.0543 e. The minimum absolute atomic E-state index is 0.0908. The molecule has 0 saturated heterocycles. The predicted molar refractivity (Wildman–Crippen MR) is 248 cm³/mol. The first-order valence-electron chi connectivity index (χ1n) is 21.0. The number of hydrogen-bond acceptors (Lipinski definition) is 2. The van der Waals surface area contributed by atoms with Crippen LogP contribution in [0.1, 0.15) is 74.9 Å². The minimum atomic E-state index is -0.181. The summed E-state index contributed by atoms with van der Waals surface area (Å²) in [5.74, 6) is 0. The summed E-state index contributed by atoms with van der Waals surface area (Å²) in [4.78, 5) is 4.95. The molecule has 286 valence electrons. The van der Waals surface area contributed by atoms with Gasteiger partial charge in [0.25, 0.3) is 0 Å². The summed E-state index contributed by atoms with van der Waals surface area (Å²) >= 11 is 0. The monoisotopic (exact) mass is 760 g/mol. The molecule has 0 N–H and O–H groups in total. The minimum Gasteiger partial charge on any atom is -0.310 e. The van der Waals surface area contributed by atoms with Gasteiger partial charge in [0.15, 0.2) is 0 Å². The number of anilines is 6. The van der Waals surface area contributed by atoms with Gasteiger partial charge in [-0.25, -0.2) is 0 Å². The standard InChI is InChI=1S/C57H48N2/c1-55(2)46-18-11-10-17-44(46)45-33-32-43(36-50(45)55)58(41-28-23-38(24-29-41)37-15-8-7-9-16-37)42-30-25-39(26-31-42)40-27-34-53-51(35-40)57(5,6)49-21-14-20-48-54(49)59(53)52-22-13-12-19-47(52)56(48,3)4/h7-36H,1-6H3. The van der Waals surface area contributed by atoms with E-state index >= 15 is 0 Å². The number of rotatable bonds is 5. The molecule has 59 heavy (non-hydrogen) atoms. The molecule has 2 aliphatic heterocycles. The average Bonchev–Trinajstić information content (AvgIpc) is 3.49. The zero-order chi connectivity index (χ0) is 40.3. The Bertz CT molecular complexity index is 2950. The van der Waals surface area contributed by atoms with Gasteiger partial charge in [-0.15, -0.1) is 0 Å². The van der Waals surface area contributed by atoms with Crippen LogP contribution in [0.3, 0.4) is 0 Å². The first kappa shape index (κ1) is 35.5. The lowest BCUT2D eigenvalue weighted by Crippen LogP contribution is -2.38. The van der Waals surface area contributed by atoms with E-state index in [-0.39, 0.29) is 16.2 Å². The van der Waals surface area contributed by atoms with Crippen molar-refractivity contribution >= 4 is 34.1 Å². The topological polar surface area (TPSA) is 6.48 Å². The van der Waals surface area contributed by atoms with E-state index in [1.807, 2.05) is 0 Å². The zero-order valence-corrected chi connectivity index (χ0v) is 34.7. The Morgan fingerprint density at radius 3 is 1.49 bits per heavy atom. The van der Waals surface area contributed by atoms with Crippen LogP contribution in [-0.2, 0) is 16.2 Å². The average molecular weight is 761 g/mol. The third-order valence-electron chi connectivity index (χ3n) is 13.9. The molecule has 0 unspecified atom stereocenters. The molecule has 0 saturated carbocycles. The first-order valence-corrected chi connectivity index (χ1v) is 21.0. The molecule has 11 rings (SSSR count). The third kappa shape index (κ3) is 5.18. The number of nitrogens with zero attached hydrogens (tertiary/aromatic N) is 2. The van der Waals surface area contributed by atoms with Gasteiger partial charge in [-0.05, 0) is 121 Å². The van der Waals surface area contributed by atoms with Crippen molar-refractivity contribution < 1.29 is 0 Å². The summed E-state index contributed by atoms with van der Waals surface area (Å²) in [6.45, 7) is 14.3. The summed E-state index contributed by atoms with van der Waals surface area (Å²) in [7, 11) is 0. The Kier molecular flexibility index (Phi) is 7.63. The second-order valence-electron chi connectivity index (χ2n) is 18.2. The quantitative estimate of drug-likeness (QED) is 0.172. The van der Waals surface area contributed by atoms with E-state index in [9.17, 15) is 0 Å². The van der Waals surface area contributed by atoms with Crippen LogP contribution >= 0.6 is 0 Å². The lowest BCUT2D eigenvalue weighted by atomic mass is 9.66. The van der Waals surface area contributed by atoms with E-state index in [1.54, 1.807) is 0 Å². The Hall–Kier alpha value is -6.64. The second-order valence-corrected chi connectivity index (χ2v) is 18.2. The van der Waals surface area contributed by atoms with E-state index in [0.717, 1.165) is 17.1 Å². The van der Waals surface area contributed by atoms with Crippen LogP contribution in [-0.4, -0.2) is 0 Å². The third-order valence-corrected chi connectivity index (χ3v) is 13.9. The molecule has 0 atom stereocenters. The highest BCUT2D eigenvalue weighted by Crippen LogP contribution is 2.60. The maximum atomic E-state index is 2.54. The van der Waals surface area contributed by atoms with Gasteiger partial charge in [-0.1, -0.05) is 169 Å². The van der Waals surface area contributed by atoms with Crippen molar-refractivity contribution in [3.8, 4) is 33.4 Å². The molecule has 0 spiro atoms. The van der Waals surface area contributed by atoms with Gasteiger partial charge in [0.2, 0.25) is 0 Å². The summed E-state index contributed by atoms with van der Waals surface area (Å²) in [6, 6.07) is 67.8. The van der Waals surface area contributed by atoms with Gasteiger partial charge in [0.05, 0.1) is 17.1 Å². The summed E-state index contributed by atoms with van der Waals surface area (Å²) in [5.41, 5.74) is 22.7. The molecule has 1 aliphatic carbocycles. The molecule has 0 amide bonds. The lowest BCUT2D eigenvalue weighted by molar-refractivity contribution is 0.597. The van der Waals surface area contributed by atoms with Crippen LogP contribution in [0.15, 0.2) is 182 Å². The Morgan fingerprint density at radius 1 is 0.322 bits per heavy atom. The number of hydrogen-bond donors (Lipinski definition) is 0. The molecular weight excluding hydrogens is 713 g/mol. The summed E-state index contributed by atoms with van der Waals surface area (Å²) < 4.78 is 0. The van der Waals surface area contributed by atoms with Crippen molar-refractivity contribution in [2.45, 2.75) is 57.8 Å². The number of fused-ring (bicyclic) bond motifs is 7. The number of benzene rings is 8. The van der Waals surface area contributed by atoms with Gasteiger partial charge in [0, 0.05) is 33.3 Å². The fourth-order valence-corrected chi connectivity index (χ4v) is 10.6. The van der Waals surface area contributed by atoms with Gasteiger partial charge in [-0.2, -0.15) is 0 Å². The van der Waals surface area contributed by atoms with Crippen molar-refractivity contribution in [3.05, 3.63) is 215 Å². The van der Waals surface area contributed by atoms with E-state index in [4.69, 9.17) is 0 Å². The van der Waals surface area contributed by atoms with Crippen LogP contribution in [0.5, 0.6) is 0 Å². The van der Waals surface area contributed by atoms with E-state index in [1.165, 1.54) is 83.8 Å². The van der Waals surface area contributed by atoms with Gasteiger partial charge in [-0.3, -0.25) is 0 Å². The van der Waals surface area contributed by atoms with Crippen LogP contribution in [0.25, 0.3) is 33.4 Å². The Labute approximate surface area is 349 Å². The van der Waals surface area contributed by atoms with Crippen molar-refractivity contribution in [1.82, 2.24) is 0 Å². The molecule has 3 aliphatic rings. The Balaban J connectivity index is 1.00. The molecule has 2 heteroatoms. The van der Waals surface area contributed by atoms with Crippen molar-refractivity contribution in [2.75, 3.05) is 9.80 Å². The molecule has 0 aromatic heterocycles. The van der Waals surface area contributed by atoms with E-state index in [2.05, 4.69) is 233 Å². The predicted octanol–water partition coefficient (Wildman–Crippen LogP) is 15.5. The lowest BCUT2D eigenvalue weighted by Gasteiger charge is -2.49. The van der Waals surface area contributed by atoms with Gasteiger partial charge >= 0.3 is 0 Å².